The molecule has 0 fully saturated rings. The van der Waals surface area contributed by atoms with E-state index in [4.69, 9.17) is 32.5 Å². The summed E-state index contributed by atoms with van der Waals surface area (Å²) in [6.07, 6.45) is 2.27. The Balaban J connectivity index is 1.43. The third-order valence-electron chi connectivity index (χ3n) is 4.23. The van der Waals surface area contributed by atoms with Gasteiger partial charge in [-0.2, -0.15) is 4.98 Å². The van der Waals surface area contributed by atoms with E-state index in [0.29, 0.717) is 44.6 Å². The fraction of sp³-hybridized carbons (Fsp3) is 0.143. The number of carbonyl (C=O) groups excluding carboxylic acids is 1. The van der Waals surface area contributed by atoms with Crippen LogP contribution in [0, 0.1) is 6.92 Å². The lowest BCUT2D eigenvalue weighted by Gasteiger charge is -2.09. The molecule has 0 spiro atoms. The SMILES string of the molecule is Cc1nc(COc2ccccc2C(=O)Nc2ncc(Cc3cccc(Cl)c3Cl)s2)no1. The standard InChI is InChI=1S/C21H16Cl2N4O3S/c1-12-25-18(27-30-12)11-29-17-8-3-2-6-15(17)20(28)26-21-24-10-14(31-21)9-13-5-4-7-16(22)19(13)23/h2-8,10H,9,11H2,1H3,(H,24,26,28). The van der Waals surface area contributed by atoms with E-state index >= 15 is 0 Å². The van der Waals surface area contributed by atoms with Gasteiger partial charge in [-0.1, -0.05) is 52.6 Å². The van der Waals surface area contributed by atoms with Crippen LogP contribution < -0.4 is 10.1 Å². The highest BCUT2D eigenvalue weighted by atomic mass is 35.5. The molecule has 0 radical (unpaired) electrons. The second kappa shape index (κ2) is 9.47. The zero-order chi connectivity index (χ0) is 21.8. The molecule has 1 N–H and O–H groups in total. The molecule has 10 heteroatoms. The summed E-state index contributed by atoms with van der Waals surface area (Å²) in [5.41, 5.74) is 1.27. The monoisotopic (exact) mass is 474 g/mol. The second-order valence-corrected chi connectivity index (χ2v) is 8.39. The summed E-state index contributed by atoms with van der Waals surface area (Å²) in [4.78, 5) is 22.1. The molecule has 2 heterocycles. The van der Waals surface area contributed by atoms with Crippen LogP contribution in [-0.4, -0.2) is 21.0 Å². The number of nitrogens with one attached hydrogen (secondary N) is 1. The van der Waals surface area contributed by atoms with E-state index in [-0.39, 0.29) is 12.5 Å². The van der Waals surface area contributed by atoms with E-state index < -0.39 is 0 Å². The van der Waals surface area contributed by atoms with Crippen molar-refractivity contribution in [1.82, 2.24) is 15.1 Å². The van der Waals surface area contributed by atoms with E-state index in [9.17, 15) is 4.79 Å². The molecule has 0 atom stereocenters. The van der Waals surface area contributed by atoms with Gasteiger partial charge in [-0.15, -0.1) is 11.3 Å². The lowest BCUT2D eigenvalue weighted by Crippen LogP contribution is -2.13. The van der Waals surface area contributed by atoms with Gasteiger partial charge in [0.2, 0.25) is 11.7 Å². The minimum Gasteiger partial charge on any atom is -0.485 e. The van der Waals surface area contributed by atoms with Crippen molar-refractivity contribution in [2.75, 3.05) is 5.32 Å². The number of ether oxygens (including phenoxy) is 1. The molecule has 1 amide bonds. The van der Waals surface area contributed by atoms with E-state index in [1.165, 1.54) is 11.3 Å². The second-order valence-electron chi connectivity index (χ2n) is 6.49. The van der Waals surface area contributed by atoms with Crippen LogP contribution in [0.4, 0.5) is 5.13 Å². The van der Waals surface area contributed by atoms with Crippen LogP contribution in [0.3, 0.4) is 0 Å². The zero-order valence-electron chi connectivity index (χ0n) is 16.3. The summed E-state index contributed by atoms with van der Waals surface area (Å²) in [5, 5.41) is 8.09. The number of aryl methyl sites for hydroxylation is 1. The molecule has 0 aliphatic carbocycles. The topological polar surface area (TPSA) is 90.1 Å². The molecule has 158 valence electrons. The number of anilines is 1. The summed E-state index contributed by atoms with van der Waals surface area (Å²) in [5.74, 6) is 0.923. The van der Waals surface area contributed by atoms with E-state index in [1.807, 2.05) is 12.1 Å². The van der Waals surface area contributed by atoms with Gasteiger partial charge in [0.05, 0.1) is 15.6 Å². The molecule has 0 aliphatic rings. The molecule has 2 aromatic carbocycles. The first-order valence-corrected chi connectivity index (χ1v) is 10.8. The van der Waals surface area contributed by atoms with Crippen LogP contribution >= 0.6 is 34.5 Å². The van der Waals surface area contributed by atoms with E-state index in [0.717, 1.165) is 10.4 Å². The molecule has 0 bridgehead atoms. The number of benzene rings is 2. The molecular weight excluding hydrogens is 459 g/mol. The molecule has 4 aromatic rings. The summed E-state index contributed by atoms with van der Waals surface area (Å²) >= 11 is 13.7. The van der Waals surface area contributed by atoms with Gasteiger partial charge < -0.3 is 9.26 Å². The highest BCUT2D eigenvalue weighted by Crippen LogP contribution is 2.30. The van der Waals surface area contributed by atoms with Gasteiger partial charge in [-0.05, 0) is 23.8 Å². The summed E-state index contributed by atoms with van der Waals surface area (Å²) < 4.78 is 10.6. The third kappa shape index (κ3) is 5.22. The maximum atomic E-state index is 12.8. The van der Waals surface area contributed by atoms with Gasteiger partial charge >= 0.3 is 0 Å². The van der Waals surface area contributed by atoms with E-state index in [1.54, 1.807) is 43.5 Å². The minimum absolute atomic E-state index is 0.0867. The smallest absolute Gasteiger partial charge is 0.261 e. The van der Waals surface area contributed by atoms with Gasteiger partial charge in [0.1, 0.15) is 5.75 Å². The molecule has 0 saturated heterocycles. The Morgan fingerprint density at radius 2 is 2.03 bits per heavy atom. The first-order chi connectivity index (χ1) is 15.0. The number of aromatic nitrogens is 3. The van der Waals surface area contributed by atoms with Crippen molar-refractivity contribution < 1.29 is 14.1 Å². The van der Waals surface area contributed by atoms with Gasteiger partial charge in [-0.3, -0.25) is 10.1 Å². The van der Waals surface area contributed by atoms with Crippen molar-refractivity contribution >= 4 is 45.6 Å². The van der Waals surface area contributed by atoms with Crippen molar-refractivity contribution in [3.8, 4) is 5.75 Å². The average Bonchev–Trinajstić information content (AvgIpc) is 3.38. The zero-order valence-corrected chi connectivity index (χ0v) is 18.6. The van der Waals surface area contributed by atoms with Crippen LogP contribution in [0.25, 0.3) is 0 Å². The van der Waals surface area contributed by atoms with Crippen molar-refractivity contribution in [2.45, 2.75) is 20.0 Å². The minimum atomic E-state index is -0.332. The molecule has 31 heavy (non-hydrogen) atoms. The first-order valence-electron chi connectivity index (χ1n) is 9.19. The highest BCUT2D eigenvalue weighted by Gasteiger charge is 2.16. The van der Waals surface area contributed by atoms with Crippen molar-refractivity contribution in [3.05, 3.63) is 86.4 Å². The largest absolute Gasteiger partial charge is 0.485 e. The first kappa shape index (κ1) is 21.3. The molecule has 0 saturated carbocycles. The lowest BCUT2D eigenvalue weighted by atomic mass is 10.1. The molecule has 0 aliphatic heterocycles. The average molecular weight is 475 g/mol. The van der Waals surface area contributed by atoms with Crippen LogP contribution in [-0.2, 0) is 13.0 Å². The number of hydrogen-bond donors (Lipinski definition) is 1. The normalized spacial score (nSPS) is 10.8. The number of halogens is 2. The Labute approximate surface area is 192 Å². The highest BCUT2D eigenvalue weighted by molar-refractivity contribution is 7.15. The molecule has 7 nitrogen and oxygen atoms in total. The van der Waals surface area contributed by atoms with Crippen LogP contribution in [0.2, 0.25) is 10.0 Å². The van der Waals surface area contributed by atoms with Crippen LogP contribution in [0.5, 0.6) is 5.75 Å². The third-order valence-corrected chi connectivity index (χ3v) is 6.00. The fourth-order valence-corrected chi connectivity index (χ4v) is 4.02. The number of para-hydroxylation sites is 1. The Bertz CT molecular complexity index is 1220. The summed E-state index contributed by atoms with van der Waals surface area (Å²) in [6.45, 7) is 1.78. The molecule has 2 aromatic heterocycles. The number of nitrogens with zero attached hydrogens (tertiary/aromatic N) is 3. The maximum absolute atomic E-state index is 12.8. The Kier molecular flexibility index (Phi) is 6.50. The Morgan fingerprint density at radius 3 is 2.84 bits per heavy atom. The Hall–Kier alpha value is -2.94. The maximum Gasteiger partial charge on any atom is 0.261 e. The van der Waals surface area contributed by atoms with Crippen LogP contribution in [0.1, 0.15) is 32.5 Å². The number of rotatable bonds is 7. The number of thiazole rings is 1. The molecular formula is C21H16Cl2N4O3S. The van der Waals surface area contributed by atoms with Gasteiger partial charge in [0.15, 0.2) is 11.7 Å². The fourth-order valence-electron chi connectivity index (χ4n) is 2.81. The number of carbonyl (C=O) groups is 1. The van der Waals surface area contributed by atoms with Crippen molar-refractivity contribution in [1.29, 1.82) is 0 Å². The number of amides is 1. The van der Waals surface area contributed by atoms with Crippen LogP contribution in [0.15, 0.2) is 53.2 Å². The molecule has 0 unspecified atom stereocenters. The van der Waals surface area contributed by atoms with Crippen molar-refractivity contribution in [3.63, 3.8) is 0 Å². The quantitative estimate of drug-likeness (QED) is 0.376. The van der Waals surface area contributed by atoms with E-state index in [2.05, 4.69) is 20.4 Å². The van der Waals surface area contributed by atoms with Crippen molar-refractivity contribution in [2.24, 2.45) is 0 Å². The predicted octanol–water partition coefficient (Wildman–Crippen LogP) is 5.56. The Morgan fingerprint density at radius 1 is 1.19 bits per heavy atom. The van der Waals surface area contributed by atoms with Gasteiger partial charge in [0, 0.05) is 24.4 Å². The summed E-state index contributed by atoms with van der Waals surface area (Å²) in [6, 6.07) is 12.4. The van der Waals surface area contributed by atoms with Gasteiger partial charge in [-0.25, -0.2) is 4.98 Å². The number of hydrogen-bond acceptors (Lipinski definition) is 7. The van der Waals surface area contributed by atoms with Gasteiger partial charge in [0.25, 0.3) is 5.91 Å². The predicted molar refractivity (Wildman–Crippen MR) is 119 cm³/mol. The summed E-state index contributed by atoms with van der Waals surface area (Å²) in [7, 11) is 0. The lowest BCUT2D eigenvalue weighted by molar-refractivity contribution is 0.102. The molecule has 4 rings (SSSR count).